The fourth-order valence-electron chi connectivity index (χ4n) is 1.96. The molecule has 0 aromatic heterocycles. The van der Waals surface area contributed by atoms with E-state index in [2.05, 4.69) is 19.0 Å². The zero-order valence-electron chi connectivity index (χ0n) is 8.08. The molecule has 1 aliphatic rings. The number of hydrogen-bond acceptors (Lipinski definition) is 2. The maximum absolute atomic E-state index is 8.63. The Kier molecular flexibility index (Phi) is 3.57. The maximum Gasteiger partial charge on any atom is 0.0571 e. The molecule has 1 saturated carbocycles. The van der Waals surface area contributed by atoms with Gasteiger partial charge in [0.2, 0.25) is 0 Å². The smallest absolute Gasteiger partial charge is 0.0571 e. The van der Waals surface area contributed by atoms with E-state index in [0.717, 1.165) is 30.4 Å². The van der Waals surface area contributed by atoms with Crippen LogP contribution in [0.2, 0.25) is 0 Å². The van der Waals surface area contributed by atoms with Crippen molar-refractivity contribution >= 4 is 5.71 Å². The van der Waals surface area contributed by atoms with Crippen molar-refractivity contribution < 1.29 is 5.21 Å². The second-order valence-corrected chi connectivity index (χ2v) is 4.10. The molecule has 2 nitrogen and oxygen atoms in total. The highest BCUT2D eigenvalue weighted by atomic mass is 16.4. The minimum atomic E-state index is 0.781. The lowest BCUT2D eigenvalue weighted by atomic mass is 9.89. The second-order valence-electron chi connectivity index (χ2n) is 4.10. The molecule has 0 spiro atoms. The van der Waals surface area contributed by atoms with Gasteiger partial charge in [-0.3, -0.25) is 0 Å². The molecule has 0 aromatic carbocycles. The van der Waals surface area contributed by atoms with Crippen molar-refractivity contribution in [1.82, 2.24) is 0 Å². The van der Waals surface area contributed by atoms with Crippen LogP contribution in [0.5, 0.6) is 0 Å². The molecule has 1 unspecified atom stereocenters. The molecule has 0 saturated heterocycles. The van der Waals surface area contributed by atoms with Gasteiger partial charge in [0.1, 0.15) is 0 Å². The van der Waals surface area contributed by atoms with E-state index in [4.69, 9.17) is 5.21 Å². The van der Waals surface area contributed by atoms with E-state index in [1.165, 1.54) is 19.3 Å². The summed E-state index contributed by atoms with van der Waals surface area (Å²) in [6, 6.07) is 0. The highest BCUT2D eigenvalue weighted by Gasteiger charge is 2.18. The van der Waals surface area contributed by atoms with Gasteiger partial charge in [0, 0.05) is 0 Å². The Hall–Kier alpha value is -0.530. The molecular weight excluding hydrogens is 150 g/mol. The van der Waals surface area contributed by atoms with E-state index in [9.17, 15) is 0 Å². The largest absolute Gasteiger partial charge is 0.411 e. The first-order chi connectivity index (χ1) is 5.74. The topological polar surface area (TPSA) is 32.6 Å². The zero-order valence-corrected chi connectivity index (χ0v) is 8.08. The highest BCUT2D eigenvalue weighted by molar-refractivity contribution is 5.84. The minimum Gasteiger partial charge on any atom is -0.411 e. The Bertz CT molecular complexity index is 163. The number of hydrogen-bond donors (Lipinski definition) is 1. The Morgan fingerprint density at radius 3 is 2.67 bits per heavy atom. The van der Waals surface area contributed by atoms with Crippen LogP contribution in [-0.2, 0) is 0 Å². The van der Waals surface area contributed by atoms with Gasteiger partial charge < -0.3 is 5.21 Å². The molecule has 1 rings (SSSR count). The van der Waals surface area contributed by atoms with Crippen molar-refractivity contribution in [3.8, 4) is 0 Å². The summed E-state index contributed by atoms with van der Waals surface area (Å²) in [6.45, 7) is 4.57. The molecule has 12 heavy (non-hydrogen) atoms. The molecule has 0 radical (unpaired) electrons. The predicted molar refractivity (Wildman–Crippen MR) is 50.6 cm³/mol. The first kappa shape index (κ1) is 9.56. The Morgan fingerprint density at radius 1 is 1.33 bits per heavy atom. The quantitative estimate of drug-likeness (QED) is 0.365. The fraction of sp³-hybridized carbons (Fsp3) is 0.900. The summed E-state index contributed by atoms with van der Waals surface area (Å²) in [7, 11) is 0. The zero-order chi connectivity index (χ0) is 8.97. The molecule has 1 atom stereocenters. The summed E-state index contributed by atoms with van der Waals surface area (Å²) in [4.78, 5) is 0. The van der Waals surface area contributed by atoms with Crippen molar-refractivity contribution in [2.75, 3.05) is 0 Å². The highest BCUT2D eigenvalue weighted by Crippen LogP contribution is 2.27. The Balaban J connectivity index is 2.44. The monoisotopic (exact) mass is 169 g/mol. The molecule has 0 bridgehead atoms. The normalized spacial score (nSPS) is 29.2. The summed E-state index contributed by atoms with van der Waals surface area (Å²) in [5.41, 5.74) is 0.998. The van der Waals surface area contributed by atoms with Crippen LogP contribution in [0.4, 0.5) is 0 Å². The average molecular weight is 169 g/mol. The van der Waals surface area contributed by atoms with Crippen LogP contribution in [0, 0.1) is 11.8 Å². The van der Waals surface area contributed by atoms with Gasteiger partial charge in [-0.1, -0.05) is 19.0 Å². The molecule has 1 N–H and O–H groups in total. The number of nitrogens with zero attached hydrogens (tertiary/aromatic N) is 1. The van der Waals surface area contributed by atoms with E-state index in [-0.39, 0.29) is 0 Å². The Labute approximate surface area is 74.7 Å². The predicted octanol–water partition coefficient (Wildman–Crippen LogP) is 3.05. The van der Waals surface area contributed by atoms with Gasteiger partial charge in [-0.15, -0.1) is 0 Å². The number of rotatable bonds is 1. The van der Waals surface area contributed by atoms with E-state index in [1.807, 2.05) is 0 Å². The van der Waals surface area contributed by atoms with Crippen molar-refractivity contribution in [2.24, 2.45) is 17.0 Å². The molecule has 70 valence electrons. The molecule has 1 fully saturated rings. The van der Waals surface area contributed by atoms with Crippen LogP contribution in [-0.4, -0.2) is 10.9 Å². The van der Waals surface area contributed by atoms with Crippen molar-refractivity contribution in [3.63, 3.8) is 0 Å². The SMILES string of the molecule is CC(C)C1CCCC(=NO)CC1. The second kappa shape index (κ2) is 4.48. The van der Waals surface area contributed by atoms with E-state index < -0.39 is 0 Å². The molecule has 0 aromatic rings. The van der Waals surface area contributed by atoms with Gasteiger partial charge in [0.25, 0.3) is 0 Å². The average Bonchev–Trinajstić information content (AvgIpc) is 2.28. The van der Waals surface area contributed by atoms with Crippen molar-refractivity contribution in [2.45, 2.75) is 46.0 Å². The van der Waals surface area contributed by atoms with Crippen LogP contribution in [0.1, 0.15) is 46.0 Å². The van der Waals surface area contributed by atoms with Crippen LogP contribution >= 0.6 is 0 Å². The van der Waals surface area contributed by atoms with Crippen LogP contribution in [0.25, 0.3) is 0 Å². The minimum absolute atomic E-state index is 0.781. The number of oxime groups is 1. The van der Waals surface area contributed by atoms with Gasteiger partial charge in [0.15, 0.2) is 0 Å². The third-order valence-electron chi connectivity index (χ3n) is 2.93. The lowest BCUT2D eigenvalue weighted by molar-refractivity contribution is 0.315. The van der Waals surface area contributed by atoms with E-state index >= 15 is 0 Å². The van der Waals surface area contributed by atoms with Gasteiger partial charge in [0.05, 0.1) is 5.71 Å². The first-order valence-corrected chi connectivity index (χ1v) is 4.94. The van der Waals surface area contributed by atoms with Gasteiger partial charge in [-0.2, -0.15) is 0 Å². The van der Waals surface area contributed by atoms with Gasteiger partial charge in [-0.25, -0.2) is 0 Å². The summed E-state index contributed by atoms with van der Waals surface area (Å²) >= 11 is 0. The van der Waals surface area contributed by atoms with Crippen LogP contribution in [0.15, 0.2) is 5.16 Å². The summed E-state index contributed by atoms with van der Waals surface area (Å²) in [6.07, 6.45) is 5.70. The Morgan fingerprint density at radius 2 is 2.08 bits per heavy atom. The van der Waals surface area contributed by atoms with Crippen LogP contribution in [0.3, 0.4) is 0 Å². The summed E-state index contributed by atoms with van der Waals surface area (Å²) in [5.74, 6) is 1.62. The third kappa shape index (κ3) is 2.50. The van der Waals surface area contributed by atoms with Crippen molar-refractivity contribution in [3.05, 3.63) is 0 Å². The van der Waals surface area contributed by atoms with Crippen LogP contribution < -0.4 is 0 Å². The molecule has 0 heterocycles. The van der Waals surface area contributed by atoms with E-state index in [1.54, 1.807) is 0 Å². The lowest BCUT2D eigenvalue weighted by Gasteiger charge is -2.17. The molecular formula is C10H19NO. The van der Waals surface area contributed by atoms with Gasteiger partial charge >= 0.3 is 0 Å². The summed E-state index contributed by atoms with van der Waals surface area (Å²) in [5, 5.41) is 11.9. The first-order valence-electron chi connectivity index (χ1n) is 4.94. The molecule has 0 aliphatic heterocycles. The van der Waals surface area contributed by atoms with Gasteiger partial charge in [-0.05, 0) is 43.9 Å². The maximum atomic E-state index is 8.63. The van der Waals surface area contributed by atoms with Crippen molar-refractivity contribution in [1.29, 1.82) is 0 Å². The molecule has 0 amide bonds. The lowest BCUT2D eigenvalue weighted by Crippen LogP contribution is -2.07. The summed E-state index contributed by atoms with van der Waals surface area (Å²) < 4.78 is 0. The molecule has 2 heteroatoms. The van der Waals surface area contributed by atoms with E-state index in [0.29, 0.717) is 0 Å². The third-order valence-corrected chi connectivity index (χ3v) is 2.93. The molecule has 1 aliphatic carbocycles. The standard InChI is InChI=1S/C10H19NO/c1-8(2)9-4-3-5-10(11-12)7-6-9/h8-9,12H,3-7H2,1-2H3. The fourth-order valence-corrected chi connectivity index (χ4v) is 1.96.